The number of anilines is 1. The van der Waals surface area contributed by atoms with Crippen molar-refractivity contribution in [1.82, 2.24) is 0 Å². The number of rotatable bonds is 4. The Morgan fingerprint density at radius 1 is 1.20 bits per heavy atom. The molecule has 0 aliphatic rings. The van der Waals surface area contributed by atoms with Gasteiger partial charge in [-0.1, -0.05) is 34.1 Å². The highest BCUT2D eigenvalue weighted by Gasteiger charge is 2.07. The molecule has 2 rings (SSSR count). The van der Waals surface area contributed by atoms with Crippen molar-refractivity contribution in [3.05, 3.63) is 57.0 Å². The van der Waals surface area contributed by atoms with E-state index in [0.29, 0.717) is 5.69 Å². The minimum Gasteiger partial charge on any atom is -0.483 e. The van der Waals surface area contributed by atoms with Crippen LogP contribution in [0, 0.1) is 6.92 Å². The van der Waals surface area contributed by atoms with Crippen LogP contribution in [0.25, 0.3) is 0 Å². The summed E-state index contributed by atoms with van der Waals surface area (Å²) in [4.78, 5) is 11.9. The lowest BCUT2D eigenvalue weighted by molar-refractivity contribution is -0.118. The van der Waals surface area contributed by atoms with Crippen molar-refractivity contribution in [2.75, 3.05) is 11.9 Å². The second-order valence-corrected chi connectivity index (χ2v) is 6.00. The van der Waals surface area contributed by atoms with Crippen LogP contribution in [0.5, 0.6) is 5.75 Å². The summed E-state index contributed by atoms with van der Waals surface area (Å²) in [7, 11) is 0. The summed E-state index contributed by atoms with van der Waals surface area (Å²) >= 11 is 6.76. The van der Waals surface area contributed by atoms with Crippen molar-refractivity contribution < 1.29 is 9.53 Å². The van der Waals surface area contributed by atoms with Crippen molar-refractivity contribution in [3.63, 3.8) is 0 Å². The van der Waals surface area contributed by atoms with Crippen LogP contribution in [0.15, 0.2) is 51.4 Å². The minimum atomic E-state index is -0.198. The van der Waals surface area contributed by atoms with Crippen LogP contribution in [0.4, 0.5) is 5.69 Å². The average Bonchev–Trinajstić information content (AvgIpc) is 2.41. The van der Waals surface area contributed by atoms with E-state index in [4.69, 9.17) is 4.74 Å². The van der Waals surface area contributed by atoms with E-state index in [1.165, 1.54) is 0 Å². The zero-order valence-electron chi connectivity index (χ0n) is 10.8. The van der Waals surface area contributed by atoms with Gasteiger partial charge in [0.2, 0.25) is 0 Å². The zero-order valence-corrected chi connectivity index (χ0v) is 14.0. The van der Waals surface area contributed by atoms with E-state index < -0.39 is 0 Å². The van der Waals surface area contributed by atoms with Crippen LogP contribution < -0.4 is 10.1 Å². The molecule has 0 saturated heterocycles. The average molecular weight is 399 g/mol. The molecule has 0 fully saturated rings. The second-order valence-electron chi connectivity index (χ2n) is 4.23. The molecule has 5 heteroatoms. The van der Waals surface area contributed by atoms with Crippen LogP contribution in [0.1, 0.15) is 5.56 Å². The molecule has 0 saturated carbocycles. The predicted molar refractivity (Wildman–Crippen MR) is 87.1 cm³/mol. The number of hydrogen-bond acceptors (Lipinski definition) is 2. The molecule has 3 nitrogen and oxygen atoms in total. The van der Waals surface area contributed by atoms with E-state index in [1.807, 2.05) is 49.4 Å². The Kier molecular flexibility index (Phi) is 5.20. The number of aryl methyl sites for hydroxylation is 1. The number of nitrogens with one attached hydrogen (secondary N) is 1. The lowest BCUT2D eigenvalue weighted by atomic mass is 10.2. The molecule has 0 bridgehead atoms. The highest BCUT2D eigenvalue weighted by Crippen LogP contribution is 2.26. The molecule has 0 heterocycles. The van der Waals surface area contributed by atoms with E-state index in [9.17, 15) is 4.79 Å². The van der Waals surface area contributed by atoms with Gasteiger partial charge in [0.05, 0.1) is 5.69 Å². The summed E-state index contributed by atoms with van der Waals surface area (Å²) in [5.41, 5.74) is 1.72. The van der Waals surface area contributed by atoms with Gasteiger partial charge >= 0.3 is 0 Å². The Hall–Kier alpha value is -1.33. The maximum Gasteiger partial charge on any atom is 0.262 e. The first-order valence-corrected chi connectivity index (χ1v) is 7.58. The number of benzene rings is 2. The van der Waals surface area contributed by atoms with Crippen molar-refractivity contribution in [1.29, 1.82) is 0 Å². The summed E-state index contributed by atoms with van der Waals surface area (Å²) in [6.45, 7) is 1.92. The molecular weight excluding hydrogens is 386 g/mol. The summed E-state index contributed by atoms with van der Waals surface area (Å²) in [5.74, 6) is 0.522. The van der Waals surface area contributed by atoms with Crippen LogP contribution in [-0.2, 0) is 4.79 Å². The Bertz CT molecular complexity index is 629. The first kappa shape index (κ1) is 15.1. The van der Waals surface area contributed by atoms with Crippen molar-refractivity contribution in [3.8, 4) is 5.75 Å². The molecule has 104 valence electrons. The third kappa shape index (κ3) is 4.08. The normalized spacial score (nSPS) is 10.2. The fourth-order valence-electron chi connectivity index (χ4n) is 1.64. The molecule has 0 aromatic heterocycles. The van der Waals surface area contributed by atoms with Gasteiger partial charge in [0.1, 0.15) is 5.75 Å². The molecule has 1 amide bonds. The Labute approximate surface area is 134 Å². The molecule has 0 unspecified atom stereocenters. The Morgan fingerprint density at radius 3 is 2.65 bits per heavy atom. The van der Waals surface area contributed by atoms with E-state index >= 15 is 0 Å². The third-order valence-corrected chi connectivity index (χ3v) is 3.81. The van der Waals surface area contributed by atoms with Gasteiger partial charge in [-0.05, 0) is 52.7 Å². The number of amides is 1. The Balaban J connectivity index is 1.94. The third-order valence-electron chi connectivity index (χ3n) is 2.66. The van der Waals surface area contributed by atoms with E-state index in [0.717, 1.165) is 20.3 Å². The molecule has 0 aliphatic heterocycles. The van der Waals surface area contributed by atoms with Gasteiger partial charge in [0, 0.05) is 8.95 Å². The van der Waals surface area contributed by atoms with Crippen LogP contribution in [-0.4, -0.2) is 12.5 Å². The zero-order chi connectivity index (χ0) is 14.5. The van der Waals surface area contributed by atoms with Gasteiger partial charge < -0.3 is 10.1 Å². The molecule has 0 atom stereocenters. The molecular formula is C15H13Br2NO2. The smallest absolute Gasteiger partial charge is 0.262 e. The van der Waals surface area contributed by atoms with Gasteiger partial charge in [0.25, 0.3) is 5.91 Å². The van der Waals surface area contributed by atoms with Gasteiger partial charge in [-0.3, -0.25) is 4.79 Å². The second kappa shape index (κ2) is 6.90. The first-order valence-electron chi connectivity index (χ1n) is 5.99. The monoisotopic (exact) mass is 397 g/mol. The van der Waals surface area contributed by atoms with E-state index in [2.05, 4.69) is 37.2 Å². The fraction of sp³-hybridized carbons (Fsp3) is 0.133. The topological polar surface area (TPSA) is 38.3 Å². The molecule has 20 heavy (non-hydrogen) atoms. The molecule has 1 N–H and O–H groups in total. The molecule has 2 aromatic carbocycles. The van der Waals surface area contributed by atoms with Crippen molar-refractivity contribution >= 4 is 43.5 Å². The standard InChI is InChI=1S/C15H13Br2NO2/c1-10-4-2-3-5-14(10)20-9-15(19)18-13-7-6-11(16)8-12(13)17/h2-8H,9H2,1H3,(H,18,19). The van der Waals surface area contributed by atoms with Crippen LogP contribution in [0.3, 0.4) is 0 Å². The number of hydrogen-bond donors (Lipinski definition) is 1. The minimum absolute atomic E-state index is 0.0205. The number of halogens is 2. The summed E-state index contributed by atoms with van der Waals surface area (Å²) in [5, 5.41) is 2.80. The maximum atomic E-state index is 11.9. The molecule has 2 aromatic rings. The first-order chi connectivity index (χ1) is 9.56. The molecule has 0 aliphatic carbocycles. The lowest BCUT2D eigenvalue weighted by Crippen LogP contribution is -2.20. The van der Waals surface area contributed by atoms with Crippen molar-refractivity contribution in [2.45, 2.75) is 6.92 Å². The summed E-state index contributed by atoms with van der Waals surface area (Å²) in [6.07, 6.45) is 0. The van der Waals surface area contributed by atoms with Gasteiger partial charge in [-0.15, -0.1) is 0 Å². The molecule has 0 radical (unpaired) electrons. The van der Waals surface area contributed by atoms with E-state index in [-0.39, 0.29) is 12.5 Å². The largest absolute Gasteiger partial charge is 0.483 e. The number of para-hydroxylation sites is 1. The van der Waals surface area contributed by atoms with Gasteiger partial charge in [-0.25, -0.2) is 0 Å². The SMILES string of the molecule is Cc1ccccc1OCC(=O)Nc1ccc(Br)cc1Br. The van der Waals surface area contributed by atoms with Crippen LogP contribution in [0.2, 0.25) is 0 Å². The highest BCUT2D eigenvalue weighted by molar-refractivity contribution is 9.11. The van der Waals surface area contributed by atoms with Crippen molar-refractivity contribution in [2.24, 2.45) is 0 Å². The highest BCUT2D eigenvalue weighted by atomic mass is 79.9. The van der Waals surface area contributed by atoms with E-state index in [1.54, 1.807) is 0 Å². The summed E-state index contributed by atoms with van der Waals surface area (Å²) < 4.78 is 7.26. The molecule has 0 spiro atoms. The van der Waals surface area contributed by atoms with Gasteiger partial charge in [-0.2, -0.15) is 0 Å². The number of carbonyl (C=O) groups excluding carboxylic acids is 1. The predicted octanol–water partition coefficient (Wildman–Crippen LogP) is 4.54. The maximum absolute atomic E-state index is 11.9. The quantitative estimate of drug-likeness (QED) is 0.821. The summed E-state index contributed by atoms with van der Waals surface area (Å²) in [6, 6.07) is 13.2. The lowest BCUT2D eigenvalue weighted by Gasteiger charge is -2.10. The number of ether oxygens (including phenoxy) is 1. The van der Waals surface area contributed by atoms with Gasteiger partial charge in [0.15, 0.2) is 6.61 Å². The fourth-order valence-corrected chi connectivity index (χ4v) is 2.79. The van der Waals surface area contributed by atoms with Crippen LogP contribution >= 0.6 is 31.9 Å². The Morgan fingerprint density at radius 2 is 1.95 bits per heavy atom. The number of carbonyl (C=O) groups is 1.